The van der Waals surface area contributed by atoms with E-state index in [2.05, 4.69) is 10.2 Å². The Morgan fingerprint density at radius 3 is 2.58 bits per heavy atom. The van der Waals surface area contributed by atoms with Crippen LogP contribution in [0.1, 0.15) is 19.4 Å². The fourth-order valence-corrected chi connectivity index (χ4v) is 5.62. The summed E-state index contributed by atoms with van der Waals surface area (Å²) in [6, 6.07) is 12.3. The summed E-state index contributed by atoms with van der Waals surface area (Å²) < 4.78 is 37.9. The van der Waals surface area contributed by atoms with Crippen molar-refractivity contribution in [2.45, 2.75) is 29.7 Å². The van der Waals surface area contributed by atoms with Crippen molar-refractivity contribution in [2.24, 2.45) is 0 Å². The molecule has 0 saturated carbocycles. The Labute approximate surface area is 194 Å². The highest BCUT2D eigenvalue weighted by atomic mass is 32.2. The van der Waals surface area contributed by atoms with Gasteiger partial charge in [0.1, 0.15) is 11.3 Å². The summed E-state index contributed by atoms with van der Waals surface area (Å²) in [5, 5.41) is 18.6. The molecular formula is C22H21N3O6S2. The molecule has 0 aliphatic carbocycles. The number of fused-ring (bicyclic) bond motifs is 1. The standard InChI is InChI=1S/C22H21N3O6S2/c1-3-25(4-2)33(28,29)17-7-5-6-14(10-17)21-23-24-22(31-21)32-13-15-11-20(27)30-19-12-16(26)8-9-18(15)19/h5-12,26H,3-4,13H2,1-2H3. The van der Waals surface area contributed by atoms with E-state index in [0.717, 1.165) is 0 Å². The predicted molar refractivity (Wildman–Crippen MR) is 124 cm³/mol. The molecular weight excluding hydrogens is 466 g/mol. The van der Waals surface area contributed by atoms with E-state index in [1.807, 2.05) is 0 Å². The molecule has 2 aromatic carbocycles. The normalized spacial score (nSPS) is 12.0. The molecule has 9 nitrogen and oxygen atoms in total. The van der Waals surface area contributed by atoms with Crippen molar-refractivity contribution in [3.8, 4) is 17.2 Å². The Hall–Kier alpha value is -3.15. The zero-order valence-corrected chi connectivity index (χ0v) is 19.5. The average Bonchev–Trinajstić information content (AvgIpc) is 3.27. The number of aromatic hydroxyl groups is 1. The van der Waals surface area contributed by atoms with Gasteiger partial charge in [0.25, 0.3) is 5.22 Å². The van der Waals surface area contributed by atoms with E-state index in [1.54, 1.807) is 32.0 Å². The number of benzene rings is 2. The summed E-state index contributed by atoms with van der Waals surface area (Å²) in [6.45, 7) is 4.32. The summed E-state index contributed by atoms with van der Waals surface area (Å²) in [6.07, 6.45) is 0. The number of hydrogen-bond donors (Lipinski definition) is 1. The lowest BCUT2D eigenvalue weighted by atomic mass is 10.1. The minimum atomic E-state index is -3.62. The van der Waals surface area contributed by atoms with Crippen LogP contribution in [0.5, 0.6) is 5.75 Å². The lowest BCUT2D eigenvalue weighted by Crippen LogP contribution is -2.30. The fraction of sp³-hybridized carbons (Fsp3) is 0.227. The largest absolute Gasteiger partial charge is 0.508 e. The summed E-state index contributed by atoms with van der Waals surface area (Å²) in [7, 11) is -3.62. The zero-order valence-electron chi connectivity index (χ0n) is 17.9. The van der Waals surface area contributed by atoms with Gasteiger partial charge in [-0.15, -0.1) is 10.2 Å². The zero-order chi connectivity index (χ0) is 23.6. The van der Waals surface area contributed by atoms with Gasteiger partial charge in [-0.25, -0.2) is 13.2 Å². The number of thioether (sulfide) groups is 1. The van der Waals surface area contributed by atoms with Gasteiger partial charge < -0.3 is 13.9 Å². The fourth-order valence-electron chi connectivity index (χ4n) is 3.36. The summed E-state index contributed by atoms with van der Waals surface area (Å²) >= 11 is 1.23. The molecule has 0 aliphatic rings. The number of phenolic OH excluding ortho intramolecular Hbond substituents is 1. The van der Waals surface area contributed by atoms with Crippen molar-refractivity contribution < 1.29 is 22.4 Å². The molecule has 0 bridgehead atoms. The van der Waals surface area contributed by atoms with E-state index >= 15 is 0 Å². The molecule has 0 saturated heterocycles. The van der Waals surface area contributed by atoms with Crippen molar-refractivity contribution >= 4 is 32.8 Å². The molecule has 0 amide bonds. The molecule has 0 radical (unpaired) electrons. The Balaban J connectivity index is 1.56. The number of nitrogens with zero attached hydrogens (tertiary/aromatic N) is 3. The van der Waals surface area contributed by atoms with Gasteiger partial charge in [-0.2, -0.15) is 4.31 Å². The van der Waals surface area contributed by atoms with Gasteiger partial charge in [-0.05, 0) is 35.9 Å². The molecule has 0 unspecified atom stereocenters. The van der Waals surface area contributed by atoms with E-state index < -0.39 is 15.6 Å². The van der Waals surface area contributed by atoms with Crippen LogP contribution in [0.2, 0.25) is 0 Å². The van der Waals surface area contributed by atoms with Crippen LogP contribution in [-0.4, -0.2) is 41.1 Å². The molecule has 4 aromatic rings. The average molecular weight is 488 g/mol. The van der Waals surface area contributed by atoms with Crippen molar-refractivity contribution in [3.05, 3.63) is 64.5 Å². The van der Waals surface area contributed by atoms with E-state index in [-0.39, 0.29) is 27.3 Å². The van der Waals surface area contributed by atoms with Crippen LogP contribution in [-0.2, 0) is 15.8 Å². The van der Waals surface area contributed by atoms with Crippen molar-refractivity contribution in [1.29, 1.82) is 0 Å². The van der Waals surface area contributed by atoms with E-state index in [0.29, 0.717) is 35.4 Å². The number of rotatable bonds is 8. The topological polar surface area (TPSA) is 127 Å². The first-order chi connectivity index (χ1) is 15.8. The second-order valence-electron chi connectivity index (χ2n) is 7.05. The Kier molecular flexibility index (Phi) is 6.54. The molecule has 2 heterocycles. The molecule has 0 spiro atoms. The van der Waals surface area contributed by atoms with Crippen LogP contribution < -0.4 is 5.63 Å². The molecule has 2 aromatic heterocycles. The van der Waals surface area contributed by atoms with Crippen LogP contribution >= 0.6 is 11.8 Å². The van der Waals surface area contributed by atoms with Crippen LogP contribution in [0.3, 0.4) is 0 Å². The second-order valence-corrected chi connectivity index (χ2v) is 9.91. The second kappa shape index (κ2) is 9.38. The van der Waals surface area contributed by atoms with Crippen molar-refractivity contribution in [1.82, 2.24) is 14.5 Å². The van der Waals surface area contributed by atoms with Gasteiger partial charge in [-0.1, -0.05) is 31.7 Å². The molecule has 4 rings (SSSR count). The van der Waals surface area contributed by atoms with Gasteiger partial charge in [0.05, 0.1) is 4.90 Å². The van der Waals surface area contributed by atoms with Crippen LogP contribution in [0, 0.1) is 0 Å². The molecule has 0 aliphatic heterocycles. The summed E-state index contributed by atoms with van der Waals surface area (Å²) in [4.78, 5) is 12.0. The predicted octanol–water partition coefficient (Wildman–Crippen LogP) is 3.87. The highest BCUT2D eigenvalue weighted by molar-refractivity contribution is 7.98. The molecule has 33 heavy (non-hydrogen) atoms. The SMILES string of the molecule is CCN(CC)S(=O)(=O)c1cccc(-c2nnc(SCc3cc(=O)oc4cc(O)ccc34)o2)c1. The third-order valence-corrected chi connectivity index (χ3v) is 7.91. The number of sulfonamides is 1. The van der Waals surface area contributed by atoms with Gasteiger partial charge in [-0.3, -0.25) is 0 Å². The number of hydrogen-bond acceptors (Lipinski definition) is 9. The van der Waals surface area contributed by atoms with Gasteiger partial charge in [0, 0.05) is 41.9 Å². The van der Waals surface area contributed by atoms with Gasteiger partial charge in [0.2, 0.25) is 15.9 Å². The first kappa shape index (κ1) is 23.0. The maximum Gasteiger partial charge on any atom is 0.336 e. The van der Waals surface area contributed by atoms with Crippen molar-refractivity contribution in [3.63, 3.8) is 0 Å². The minimum absolute atomic E-state index is 0.00207. The highest BCUT2D eigenvalue weighted by Crippen LogP contribution is 2.30. The van der Waals surface area contributed by atoms with Crippen LogP contribution in [0.4, 0.5) is 0 Å². The molecule has 1 N–H and O–H groups in total. The Morgan fingerprint density at radius 2 is 1.82 bits per heavy atom. The third-order valence-electron chi connectivity index (χ3n) is 5.00. The van der Waals surface area contributed by atoms with Crippen LogP contribution in [0.25, 0.3) is 22.4 Å². The molecule has 0 fully saturated rings. The maximum absolute atomic E-state index is 12.8. The molecule has 0 atom stereocenters. The Bertz CT molecular complexity index is 1460. The molecule has 11 heteroatoms. The van der Waals surface area contributed by atoms with Crippen molar-refractivity contribution in [2.75, 3.05) is 13.1 Å². The summed E-state index contributed by atoms with van der Waals surface area (Å²) in [5.74, 6) is 0.545. The first-order valence-electron chi connectivity index (χ1n) is 10.1. The number of aromatic nitrogens is 2. The maximum atomic E-state index is 12.8. The monoisotopic (exact) mass is 487 g/mol. The quantitative estimate of drug-likeness (QED) is 0.291. The highest BCUT2D eigenvalue weighted by Gasteiger charge is 2.22. The van der Waals surface area contributed by atoms with Crippen LogP contribution in [0.15, 0.2) is 72.3 Å². The van der Waals surface area contributed by atoms with E-state index in [4.69, 9.17) is 8.83 Å². The molecule has 172 valence electrons. The van der Waals surface area contributed by atoms with E-state index in [9.17, 15) is 18.3 Å². The van der Waals surface area contributed by atoms with E-state index in [1.165, 1.54) is 46.4 Å². The lowest BCUT2D eigenvalue weighted by molar-refractivity contribution is 0.445. The third kappa shape index (κ3) is 4.80. The number of phenols is 1. The smallest absolute Gasteiger partial charge is 0.336 e. The lowest BCUT2D eigenvalue weighted by Gasteiger charge is -2.18. The minimum Gasteiger partial charge on any atom is -0.508 e. The van der Waals surface area contributed by atoms with Gasteiger partial charge >= 0.3 is 5.63 Å². The summed E-state index contributed by atoms with van der Waals surface area (Å²) in [5.41, 5.74) is 0.943. The first-order valence-corrected chi connectivity index (χ1v) is 12.6. The Morgan fingerprint density at radius 1 is 1.03 bits per heavy atom. The van der Waals surface area contributed by atoms with Gasteiger partial charge in [0.15, 0.2) is 0 Å².